The fraction of sp³-hybridized carbons (Fsp3) is 1.00. The minimum atomic E-state index is -9.10. The van der Waals surface area contributed by atoms with Gasteiger partial charge in [-0.15, -0.1) is 0 Å². The fourth-order valence-electron chi connectivity index (χ4n) is 3.77. The molecule has 0 atom stereocenters. The van der Waals surface area contributed by atoms with Crippen LogP contribution in [0.5, 0.6) is 0 Å². The van der Waals surface area contributed by atoms with Gasteiger partial charge in [-0.05, 0) is 12.8 Å². The van der Waals surface area contributed by atoms with E-state index in [0.29, 0.717) is 0 Å². The highest BCUT2D eigenvalue weighted by Crippen LogP contribution is 2.66. The Bertz CT molecular complexity index is 1280. The molecule has 0 aliphatic carbocycles. The van der Waals surface area contributed by atoms with Gasteiger partial charge in [-0.25, -0.2) is 0 Å². The molecule has 0 rings (SSSR count). The molecule has 0 aliphatic rings. The van der Waals surface area contributed by atoms with Crippen molar-refractivity contribution >= 4 is 0 Å². The van der Waals surface area contributed by atoms with Gasteiger partial charge < -0.3 is 4.74 Å². The second-order valence-electron chi connectivity index (χ2n) is 11.2. The summed E-state index contributed by atoms with van der Waals surface area (Å²) in [6.45, 7) is 0. The number of alkyl halides is 34. The Kier molecular flexibility index (Phi) is 13.7. The summed E-state index contributed by atoms with van der Waals surface area (Å²) in [7, 11) is -0.129. The number of halogens is 34. The molecule has 0 aromatic rings. The summed E-state index contributed by atoms with van der Waals surface area (Å²) in [6.07, 6.45) is -31.8. The third-order valence-electron chi connectivity index (χ3n) is 7.47. The summed E-state index contributed by atoms with van der Waals surface area (Å²) < 4.78 is 457. The van der Waals surface area contributed by atoms with Crippen molar-refractivity contribution in [3.8, 4) is 0 Å². The van der Waals surface area contributed by atoms with E-state index in [2.05, 4.69) is 4.74 Å². The van der Waals surface area contributed by atoms with Gasteiger partial charge in [0.15, 0.2) is 0 Å². The van der Waals surface area contributed by atoms with Gasteiger partial charge in [0.25, 0.3) is 0 Å². The van der Waals surface area contributed by atoms with Crippen molar-refractivity contribution in [2.45, 2.75) is 127 Å². The van der Waals surface area contributed by atoms with Crippen LogP contribution in [0.2, 0.25) is 0 Å². The predicted octanol–water partition coefficient (Wildman–Crippen LogP) is 12.6. The lowest BCUT2D eigenvalue weighted by Gasteiger charge is -2.43. The molecule has 0 bridgehead atoms. The predicted molar refractivity (Wildman–Crippen MR) is 111 cm³/mol. The van der Waals surface area contributed by atoms with Crippen molar-refractivity contribution in [1.82, 2.24) is 0 Å². The summed E-state index contributed by atoms with van der Waals surface area (Å²) in [5.41, 5.74) is 0. The van der Waals surface area contributed by atoms with Gasteiger partial charge >= 0.3 is 95.3 Å². The zero-order valence-corrected chi connectivity index (χ0v) is 25.7. The second kappa shape index (κ2) is 14.4. The van der Waals surface area contributed by atoms with E-state index in [1.807, 2.05) is 0 Å². The topological polar surface area (TPSA) is 9.23 Å². The van der Waals surface area contributed by atoms with E-state index >= 15 is 0 Å². The highest BCUT2D eigenvalue weighted by molar-refractivity contribution is 5.16. The van der Waals surface area contributed by atoms with Crippen LogP contribution in [-0.4, -0.2) is 108 Å². The minimum Gasteiger partial charge on any atom is -0.381 e. The standard InChI is InChI=1S/C22H12F34O/c1-57-6(2-4-7(23,24)9(27,28)11(31,32)13(35,36)15(39,40)17(43,44)19(47,48)21(51,52)53)3-5-8(25,26)10(29,30)12(33,34)14(37,38)16(41,42)18(45,46)20(49,50)22(54,55)56/h6H,2-5H2,1H3. The third kappa shape index (κ3) is 7.53. The lowest BCUT2D eigenvalue weighted by molar-refractivity contribution is -0.462. The molecule has 1 nitrogen and oxygen atoms in total. The molecule has 0 radical (unpaired) electrons. The second-order valence-corrected chi connectivity index (χ2v) is 11.2. The lowest BCUT2D eigenvalue weighted by atomic mass is 9.86. The smallest absolute Gasteiger partial charge is 0.381 e. The minimum absolute atomic E-state index is 0.129. The summed E-state index contributed by atoms with van der Waals surface area (Å²) >= 11 is 0. The van der Waals surface area contributed by atoms with Gasteiger partial charge in [0.2, 0.25) is 0 Å². The highest BCUT2D eigenvalue weighted by atomic mass is 19.4. The number of methoxy groups -OCH3 is 1. The summed E-state index contributed by atoms with van der Waals surface area (Å²) in [5, 5.41) is 0. The molecule has 0 amide bonds. The Balaban J connectivity index is 6.63. The average molecular weight is 938 g/mol. The van der Waals surface area contributed by atoms with Gasteiger partial charge in [-0.2, -0.15) is 149 Å². The Labute approximate surface area is 289 Å². The molecule has 0 unspecified atom stereocenters. The van der Waals surface area contributed by atoms with Crippen LogP contribution in [0.15, 0.2) is 0 Å². The zero-order valence-electron chi connectivity index (χ0n) is 25.7. The third-order valence-corrected chi connectivity index (χ3v) is 7.47. The normalized spacial score (nSPS) is 16.8. The lowest BCUT2D eigenvalue weighted by Crippen LogP contribution is -2.74. The number of hydrogen-bond donors (Lipinski definition) is 0. The van der Waals surface area contributed by atoms with E-state index in [9.17, 15) is 149 Å². The maximum absolute atomic E-state index is 14.1. The maximum Gasteiger partial charge on any atom is 0.460 e. The highest BCUT2D eigenvalue weighted by Gasteiger charge is 2.96. The van der Waals surface area contributed by atoms with Crippen LogP contribution in [0.25, 0.3) is 0 Å². The van der Waals surface area contributed by atoms with Crippen LogP contribution in [0.4, 0.5) is 149 Å². The molecular formula is C22H12F34O. The molecule has 35 heteroatoms. The van der Waals surface area contributed by atoms with E-state index in [1.54, 1.807) is 0 Å². The van der Waals surface area contributed by atoms with Gasteiger partial charge in [-0.3, -0.25) is 0 Å². The van der Waals surface area contributed by atoms with E-state index < -0.39 is 127 Å². The Morgan fingerprint density at radius 3 is 0.579 bits per heavy atom. The first-order chi connectivity index (χ1) is 24.1. The van der Waals surface area contributed by atoms with Gasteiger partial charge in [0, 0.05) is 20.0 Å². The monoisotopic (exact) mass is 938 g/mol. The van der Waals surface area contributed by atoms with E-state index in [1.165, 1.54) is 0 Å². The van der Waals surface area contributed by atoms with Crippen molar-refractivity contribution in [1.29, 1.82) is 0 Å². The number of hydrogen-bond acceptors (Lipinski definition) is 1. The molecule has 0 aromatic heterocycles. The molecule has 0 aromatic carbocycles. The van der Waals surface area contributed by atoms with Crippen LogP contribution < -0.4 is 0 Å². The quantitative estimate of drug-likeness (QED) is 0.117. The molecule has 0 saturated heterocycles. The number of rotatable bonds is 19. The van der Waals surface area contributed by atoms with Crippen molar-refractivity contribution in [3.05, 3.63) is 0 Å². The maximum atomic E-state index is 14.1. The largest absolute Gasteiger partial charge is 0.460 e. The van der Waals surface area contributed by atoms with Gasteiger partial charge in [0.1, 0.15) is 0 Å². The van der Waals surface area contributed by atoms with E-state index in [0.717, 1.165) is 0 Å². The first-order valence-electron chi connectivity index (χ1n) is 13.1. The molecule has 0 aliphatic heterocycles. The Morgan fingerprint density at radius 2 is 0.421 bits per heavy atom. The molecule has 0 N–H and O–H groups in total. The first kappa shape index (κ1) is 54.6. The summed E-state index contributed by atoms with van der Waals surface area (Å²) in [5.74, 6) is -121. The molecule has 0 fully saturated rings. The summed E-state index contributed by atoms with van der Waals surface area (Å²) in [6, 6.07) is 0. The fourth-order valence-corrected chi connectivity index (χ4v) is 3.77. The molecule has 0 saturated carbocycles. The van der Waals surface area contributed by atoms with Crippen LogP contribution >= 0.6 is 0 Å². The van der Waals surface area contributed by atoms with Crippen molar-refractivity contribution in [3.63, 3.8) is 0 Å². The van der Waals surface area contributed by atoms with E-state index in [4.69, 9.17) is 0 Å². The van der Waals surface area contributed by atoms with Crippen LogP contribution in [-0.2, 0) is 4.74 Å². The Hall–Kier alpha value is -2.42. The molecule has 0 heterocycles. The number of ether oxygens (including phenoxy) is 1. The van der Waals surface area contributed by atoms with Crippen molar-refractivity contribution < 1.29 is 154 Å². The SMILES string of the molecule is COC(CCC(F)(F)C(F)(F)C(F)(F)C(F)(F)C(F)(F)C(F)(F)C(F)(F)C(F)(F)F)CCC(F)(F)C(F)(F)C(F)(F)C(F)(F)C(F)(F)C(F)(F)C(F)(F)C(F)(F)F. The first-order valence-corrected chi connectivity index (χ1v) is 13.1. The van der Waals surface area contributed by atoms with Crippen LogP contribution in [0.1, 0.15) is 25.7 Å². The zero-order chi connectivity index (χ0) is 47.1. The van der Waals surface area contributed by atoms with Gasteiger partial charge in [-0.1, -0.05) is 0 Å². The Morgan fingerprint density at radius 1 is 0.263 bits per heavy atom. The van der Waals surface area contributed by atoms with Gasteiger partial charge in [0.05, 0.1) is 6.10 Å². The van der Waals surface area contributed by atoms with Crippen molar-refractivity contribution in [2.75, 3.05) is 7.11 Å². The van der Waals surface area contributed by atoms with Crippen molar-refractivity contribution in [2.24, 2.45) is 0 Å². The molecule has 344 valence electrons. The average Bonchev–Trinajstić information content (AvgIpc) is 2.98. The van der Waals surface area contributed by atoms with Crippen LogP contribution in [0, 0.1) is 0 Å². The summed E-state index contributed by atoms with van der Waals surface area (Å²) in [4.78, 5) is 0. The molecular weight excluding hydrogens is 926 g/mol. The molecule has 0 spiro atoms. The van der Waals surface area contributed by atoms with Crippen LogP contribution in [0.3, 0.4) is 0 Å². The van der Waals surface area contributed by atoms with E-state index in [-0.39, 0.29) is 7.11 Å². The molecule has 57 heavy (non-hydrogen) atoms.